The van der Waals surface area contributed by atoms with Crippen molar-refractivity contribution in [3.8, 4) is 11.5 Å². The fourth-order valence-electron chi connectivity index (χ4n) is 2.76. The van der Waals surface area contributed by atoms with Gasteiger partial charge < -0.3 is 19.5 Å². The number of nitrogens with zero attached hydrogens (tertiary/aromatic N) is 1. The van der Waals surface area contributed by atoms with E-state index in [2.05, 4.69) is 5.32 Å². The molecule has 0 heterocycles. The Balaban J connectivity index is 2.07. The maximum absolute atomic E-state index is 12.5. The van der Waals surface area contributed by atoms with Crippen molar-refractivity contribution in [2.24, 2.45) is 0 Å². The minimum absolute atomic E-state index is 0.0602. The van der Waals surface area contributed by atoms with Crippen LogP contribution in [-0.2, 0) is 9.53 Å². The highest BCUT2D eigenvalue weighted by Gasteiger charge is 2.28. The maximum atomic E-state index is 12.5. The average molecular weight is 416 g/mol. The van der Waals surface area contributed by atoms with Gasteiger partial charge in [-0.15, -0.1) is 0 Å². The molecule has 0 aromatic heterocycles. The van der Waals surface area contributed by atoms with E-state index < -0.39 is 28.6 Å². The van der Waals surface area contributed by atoms with Crippen molar-refractivity contribution in [1.82, 2.24) is 5.32 Å². The summed E-state index contributed by atoms with van der Waals surface area (Å²) in [6.45, 7) is 3.70. The summed E-state index contributed by atoms with van der Waals surface area (Å²) in [5.74, 6) is -1.23. The number of esters is 1. The zero-order valence-electron chi connectivity index (χ0n) is 17.2. The van der Waals surface area contributed by atoms with E-state index in [0.717, 1.165) is 17.7 Å². The molecule has 0 fully saturated rings. The lowest BCUT2D eigenvalue weighted by Crippen LogP contribution is -2.37. The molecule has 9 heteroatoms. The van der Waals surface area contributed by atoms with Crippen molar-refractivity contribution in [2.45, 2.75) is 25.9 Å². The second kappa shape index (κ2) is 10.2. The van der Waals surface area contributed by atoms with Gasteiger partial charge in [0.25, 0.3) is 11.6 Å². The van der Waals surface area contributed by atoms with E-state index in [1.54, 1.807) is 0 Å². The summed E-state index contributed by atoms with van der Waals surface area (Å²) in [4.78, 5) is 35.4. The SMILES string of the molecule is COc1cc(C(=O)O[C@@H](C)C(=O)NC[C@@H](C)c2ccccc2)c([N+](=O)[O-])cc1OC. The van der Waals surface area contributed by atoms with E-state index in [9.17, 15) is 19.7 Å². The molecule has 2 aromatic rings. The van der Waals surface area contributed by atoms with Gasteiger partial charge in [0.1, 0.15) is 5.56 Å². The highest BCUT2D eigenvalue weighted by atomic mass is 16.6. The molecular weight excluding hydrogens is 392 g/mol. The number of nitro benzene ring substituents is 1. The van der Waals surface area contributed by atoms with E-state index >= 15 is 0 Å². The minimum atomic E-state index is -1.15. The van der Waals surface area contributed by atoms with Crippen molar-refractivity contribution < 1.29 is 28.7 Å². The predicted molar refractivity (Wildman–Crippen MR) is 109 cm³/mol. The molecular formula is C21H24N2O7. The molecule has 0 saturated carbocycles. The van der Waals surface area contributed by atoms with Crippen LogP contribution in [0.4, 0.5) is 5.69 Å². The van der Waals surface area contributed by atoms with Crippen molar-refractivity contribution in [2.75, 3.05) is 20.8 Å². The van der Waals surface area contributed by atoms with Crippen molar-refractivity contribution in [3.63, 3.8) is 0 Å². The third-order valence-corrected chi connectivity index (χ3v) is 4.52. The highest BCUT2D eigenvalue weighted by Crippen LogP contribution is 2.35. The fraction of sp³-hybridized carbons (Fsp3) is 0.333. The van der Waals surface area contributed by atoms with Crippen molar-refractivity contribution in [3.05, 3.63) is 63.7 Å². The van der Waals surface area contributed by atoms with Crippen LogP contribution in [0.3, 0.4) is 0 Å². The molecule has 0 bridgehead atoms. The van der Waals surface area contributed by atoms with Crippen LogP contribution in [0, 0.1) is 10.1 Å². The molecule has 1 N–H and O–H groups in total. The third-order valence-electron chi connectivity index (χ3n) is 4.52. The predicted octanol–water partition coefficient (Wildman–Crippen LogP) is 3.08. The summed E-state index contributed by atoms with van der Waals surface area (Å²) in [6, 6.07) is 11.9. The van der Waals surface area contributed by atoms with E-state index in [1.165, 1.54) is 21.1 Å². The molecule has 0 spiro atoms. The summed E-state index contributed by atoms with van der Waals surface area (Å²) < 4.78 is 15.3. The molecule has 0 aliphatic carbocycles. The average Bonchev–Trinajstić information content (AvgIpc) is 2.76. The Morgan fingerprint density at radius 1 is 1.07 bits per heavy atom. The van der Waals surface area contributed by atoms with Crippen LogP contribution in [-0.4, -0.2) is 43.7 Å². The summed E-state index contributed by atoms with van der Waals surface area (Å²) in [5.41, 5.74) is 0.210. The van der Waals surface area contributed by atoms with E-state index in [0.29, 0.717) is 6.54 Å². The number of amides is 1. The van der Waals surface area contributed by atoms with E-state index in [-0.39, 0.29) is 23.0 Å². The van der Waals surface area contributed by atoms with Crippen LogP contribution < -0.4 is 14.8 Å². The molecule has 9 nitrogen and oxygen atoms in total. The number of hydrogen-bond donors (Lipinski definition) is 1. The maximum Gasteiger partial charge on any atom is 0.346 e. The Bertz CT molecular complexity index is 915. The first-order chi connectivity index (χ1) is 14.3. The number of ether oxygens (including phenoxy) is 3. The van der Waals surface area contributed by atoms with Gasteiger partial charge >= 0.3 is 5.97 Å². The lowest BCUT2D eigenvalue weighted by Gasteiger charge is -2.17. The molecule has 2 atom stereocenters. The van der Waals surface area contributed by atoms with Crippen LogP contribution in [0.1, 0.15) is 35.7 Å². The second-order valence-electron chi connectivity index (χ2n) is 6.59. The number of hydrogen-bond acceptors (Lipinski definition) is 7. The normalized spacial score (nSPS) is 12.4. The summed E-state index contributed by atoms with van der Waals surface area (Å²) in [5, 5.41) is 14.1. The van der Waals surface area contributed by atoms with Crippen molar-refractivity contribution >= 4 is 17.6 Å². The molecule has 0 radical (unpaired) electrons. The van der Waals surface area contributed by atoms with E-state index in [1.807, 2.05) is 37.3 Å². The summed E-state index contributed by atoms with van der Waals surface area (Å²) in [7, 11) is 2.66. The largest absolute Gasteiger partial charge is 0.493 e. The van der Waals surface area contributed by atoms with Gasteiger partial charge in [-0.3, -0.25) is 14.9 Å². The molecule has 0 saturated heterocycles. The van der Waals surface area contributed by atoms with Crippen LogP contribution in [0.5, 0.6) is 11.5 Å². The van der Waals surface area contributed by atoms with Gasteiger partial charge in [-0.1, -0.05) is 37.3 Å². The quantitative estimate of drug-likeness (QED) is 0.379. The van der Waals surface area contributed by atoms with Crippen LogP contribution in [0.25, 0.3) is 0 Å². The number of methoxy groups -OCH3 is 2. The lowest BCUT2D eigenvalue weighted by atomic mass is 10.0. The molecule has 2 aromatic carbocycles. The lowest BCUT2D eigenvalue weighted by molar-refractivity contribution is -0.385. The monoisotopic (exact) mass is 416 g/mol. The third kappa shape index (κ3) is 5.47. The Morgan fingerprint density at radius 2 is 1.67 bits per heavy atom. The highest BCUT2D eigenvalue weighted by molar-refractivity contribution is 5.96. The standard InChI is InChI=1S/C21H24N2O7/c1-13(15-8-6-5-7-9-15)12-22-20(24)14(2)30-21(25)16-10-18(28-3)19(29-4)11-17(16)23(26)27/h5-11,13-14H,12H2,1-4H3,(H,22,24)/t13-,14+/m1/s1. The molecule has 30 heavy (non-hydrogen) atoms. The number of nitrogens with one attached hydrogen (secondary N) is 1. The van der Waals surface area contributed by atoms with Crippen LogP contribution >= 0.6 is 0 Å². The van der Waals surface area contributed by atoms with Crippen LogP contribution in [0.15, 0.2) is 42.5 Å². The summed E-state index contributed by atoms with van der Waals surface area (Å²) >= 11 is 0. The number of nitro groups is 1. The van der Waals surface area contributed by atoms with Gasteiger partial charge in [-0.05, 0) is 18.4 Å². The summed E-state index contributed by atoms with van der Waals surface area (Å²) in [6.07, 6.45) is -1.15. The fourth-order valence-corrected chi connectivity index (χ4v) is 2.76. The molecule has 0 aliphatic rings. The van der Waals surface area contributed by atoms with Crippen molar-refractivity contribution in [1.29, 1.82) is 0 Å². The van der Waals surface area contributed by atoms with Gasteiger partial charge in [0, 0.05) is 12.6 Å². The zero-order valence-corrected chi connectivity index (χ0v) is 17.2. The zero-order chi connectivity index (χ0) is 22.3. The first kappa shape index (κ1) is 22.7. The molecule has 1 amide bonds. The van der Waals surface area contributed by atoms with Gasteiger partial charge in [0.15, 0.2) is 17.6 Å². The van der Waals surface area contributed by atoms with Crippen LogP contribution in [0.2, 0.25) is 0 Å². The minimum Gasteiger partial charge on any atom is -0.493 e. The number of benzene rings is 2. The first-order valence-corrected chi connectivity index (χ1v) is 9.22. The molecule has 0 aliphatic heterocycles. The number of carbonyl (C=O) groups is 2. The molecule has 0 unspecified atom stereocenters. The Labute approximate surface area is 174 Å². The Morgan fingerprint density at radius 3 is 2.23 bits per heavy atom. The van der Waals surface area contributed by atoms with Gasteiger partial charge in [0.05, 0.1) is 25.2 Å². The smallest absolute Gasteiger partial charge is 0.346 e. The second-order valence-corrected chi connectivity index (χ2v) is 6.59. The molecule has 160 valence electrons. The molecule has 2 rings (SSSR count). The topological polar surface area (TPSA) is 117 Å². The Kier molecular flexibility index (Phi) is 7.74. The number of rotatable bonds is 9. The van der Waals surface area contributed by atoms with Gasteiger partial charge in [-0.2, -0.15) is 0 Å². The number of carbonyl (C=O) groups excluding carboxylic acids is 2. The Hall–Kier alpha value is -3.62. The first-order valence-electron chi connectivity index (χ1n) is 9.22. The van der Waals surface area contributed by atoms with E-state index in [4.69, 9.17) is 14.2 Å². The van der Waals surface area contributed by atoms with Gasteiger partial charge in [-0.25, -0.2) is 4.79 Å². The van der Waals surface area contributed by atoms with Gasteiger partial charge in [0.2, 0.25) is 0 Å².